The molecule has 2 aromatic rings. The minimum atomic E-state index is -0.146. The molecule has 5 nitrogen and oxygen atoms in total. The van der Waals surface area contributed by atoms with E-state index in [0.29, 0.717) is 11.4 Å². The first-order chi connectivity index (χ1) is 12.3. The van der Waals surface area contributed by atoms with E-state index in [-0.39, 0.29) is 5.82 Å². The van der Waals surface area contributed by atoms with Crippen LogP contribution in [0.4, 0.5) is 15.9 Å². The SMILES string of the molecule is N#Cc1cccc(NCCCN2CCN(c3ccccc3F)CC2)n1. The Morgan fingerprint density at radius 3 is 2.64 bits per heavy atom. The van der Waals surface area contributed by atoms with Gasteiger partial charge in [0.05, 0.1) is 5.69 Å². The molecule has 6 heteroatoms. The van der Waals surface area contributed by atoms with E-state index >= 15 is 0 Å². The largest absolute Gasteiger partial charge is 0.370 e. The third-order valence-electron chi connectivity index (χ3n) is 4.39. The molecule has 0 atom stereocenters. The van der Waals surface area contributed by atoms with Gasteiger partial charge in [-0.05, 0) is 37.2 Å². The minimum Gasteiger partial charge on any atom is -0.370 e. The highest BCUT2D eigenvalue weighted by Gasteiger charge is 2.18. The van der Waals surface area contributed by atoms with Crippen LogP contribution < -0.4 is 10.2 Å². The molecule has 130 valence electrons. The fourth-order valence-corrected chi connectivity index (χ4v) is 3.04. The molecule has 1 aliphatic heterocycles. The van der Waals surface area contributed by atoms with Gasteiger partial charge in [0.15, 0.2) is 0 Å². The summed E-state index contributed by atoms with van der Waals surface area (Å²) in [5.74, 6) is 0.593. The summed E-state index contributed by atoms with van der Waals surface area (Å²) >= 11 is 0. The third-order valence-corrected chi connectivity index (χ3v) is 4.39. The van der Waals surface area contributed by atoms with Crippen LogP contribution in [0.1, 0.15) is 12.1 Å². The lowest BCUT2D eigenvalue weighted by molar-refractivity contribution is 0.256. The zero-order valence-electron chi connectivity index (χ0n) is 14.2. The first kappa shape index (κ1) is 17.2. The van der Waals surface area contributed by atoms with Gasteiger partial charge in [-0.15, -0.1) is 0 Å². The van der Waals surface area contributed by atoms with Gasteiger partial charge in [0, 0.05) is 32.7 Å². The molecule has 0 amide bonds. The molecule has 1 fully saturated rings. The number of nitrogens with one attached hydrogen (secondary N) is 1. The van der Waals surface area contributed by atoms with Gasteiger partial charge in [-0.2, -0.15) is 5.26 Å². The average Bonchev–Trinajstić information content (AvgIpc) is 2.66. The molecule has 1 aromatic heterocycles. The molecule has 0 unspecified atom stereocenters. The fourth-order valence-electron chi connectivity index (χ4n) is 3.04. The van der Waals surface area contributed by atoms with E-state index in [1.807, 2.05) is 30.3 Å². The van der Waals surface area contributed by atoms with Gasteiger partial charge in [0.1, 0.15) is 23.4 Å². The Kier molecular flexibility index (Phi) is 5.81. The molecular formula is C19H22FN5. The zero-order chi connectivity index (χ0) is 17.5. The van der Waals surface area contributed by atoms with Crippen molar-refractivity contribution in [2.24, 2.45) is 0 Å². The topological polar surface area (TPSA) is 55.2 Å². The van der Waals surface area contributed by atoms with Crippen LogP contribution in [-0.2, 0) is 0 Å². The Morgan fingerprint density at radius 1 is 1.08 bits per heavy atom. The highest BCUT2D eigenvalue weighted by Crippen LogP contribution is 2.20. The minimum absolute atomic E-state index is 0.146. The number of pyridine rings is 1. The van der Waals surface area contributed by atoms with Crippen molar-refractivity contribution >= 4 is 11.5 Å². The van der Waals surface area contributed by atoms with Crippen LogP contribution in [0, 0.1) is 17.1 Å². The van der Waals surface area contributed by atoms with Crippen molar-refractivity contribution in [1.29, 1.82) is 5.26 Å². The molecule has 1 aliphatic rings. The van der Waals surface area contributed by atoms with E-state index in [0.717, 1.165) is 51.5 Å². The number of benzene rings is 1. The highest BCUT2D eigenvalue weighted by molar-refractivity contribution is 5.48. The second-order valence-electron chi connectivity index (χ2n) is 6.08. The molecule has 0 spiro atoms. The van der Waals surface area contributed by atoms with E-state index in [1.165, 1.54) is 6.07 Å². The number of para-hydroxylation sites is 1. The van der Waals surface area contributed by atoms with E-state index in [2.05, 4.69) is 20.1 Å². The number of piperazine rings is 1. The second-order valence-corrected chi connectivity index (χ2v) is 6.08. The van der Waals surface area contributed by atoms with Crippen molar-refractivity contribution in [3.63, 3.8) is 0 Å². The monoisotopic (exact) mass is 339 g/mol. The first-order valence-corrected chi connectivity index (χ1v) is 8.59. The Morgan fingerprint density at radius 2 is 1.88 bits per heavy atom. The number of nitriles is 1. The fraction of sp³-hybridized carbons (Fsp3) is 0.368. The molecule has 1 N–H and O–H groups in total. The predicted octanol–water partition coefficient (Wildman–Crippen LogP) is 2.72. The maximum Gasteiger partial charge on any atom is 0.146 e. The van der Waals surface area contributed by atoms with Gasteiger partial charge in [0.2, 0.25) is 0 Å². The molecular weight excluding hydrogens is 317 g/mol. The zero-order valence-corrected chi connectivity index (χ0v) is 14.2. The van der Waals surface area contributed by atoms with Crippen LogP contribution in [0.3, 0.4) is 0 Å². The van der Waals surface area contributed by atoms with Gasteiger partial charge >= 0.3 is 0 Å². The lowest BCUT2D eigenvalue weighted by Gasteiger charge is -2.36. The molecule has 3 rings (SSSR count). The Balaban J connectivity index is 1.38. The van der Waals surface area contributed by atoms with Gasteiger partial charge in [-0.25, -0.2) is 9.37 Å². The summed E-state index contributed by atoms with van der Waals surface area (Å²) in [6, 6.07) is 14.4. The van der Waals surface area contributed by atoms with Crippen molar-refractivity contribution in [2.75, 3.05) is 49.5 Å². The molecule has 2 heterocycles. The summed E-state index contributed by atoms with van der Waals surface area (Å²) in [4.78, 5) is 8.71. The molecule has 1 saturated heterocycles. The molecule has 1 aromatic carbocycles. The summed E-state index contributed by atoms with van der Waals surface area (Å²) in [7, 11) is 0. The highest BCUT2D eigenvalue weighted by atomic mass is 19.1. The van der Waals surface area contributed by atoms with Crippen LogP contribution in [0.25, 0.3) is 0 Å². The van der Waals surface area contributed by atoms with Crippen LogP contribution in [0.5, 0.6) is 0 Å². The van der Waals surface area contributed by atoms with Gasteiger partial charge in [0.25, 0.3) is 0 Å². The number of halogens is 1. The normalized spacial score (nSPS) is 15.0. The van der Waals surface area contributed by atoms with Crippen LogP contribution >= 0.6 is 0 Å². The van der Waals surface area contributed by atoms with Gasteiger partial charge < -0.3 is 10.2 Å². The van der Waals surface area contributed by atoms with Crippen LogP contribution in [0.15, 0.2) is 42.5 Å². The van der Waals surface area contributed by atoms with Crippen LogP contribution in [-0.4, -0.2) is 49.2 Å². The van der Waals surface area contributed by atoms with Gasteiger partial charge in [-0.3, -0.25) is 4.90 Å². The van der Waals surface area contributed by atoms with Crippen LogP contribution in [0.2, 0.25) is 0 Å². The summed E-state index contributed by atoms with van der Waals surface area (Å²) in [6.45, 7) is 5.39. The predicted molar refractivity (Wildman–Crippen MR) is 97.1 cm³/mol. The Hall–Kier alpha value is -2.65. The third kappa shape index (κ3) is 4.68. The van der Waals surface area contributed by atoms with E-state index in [9.17, 15) is 4.39 Å². The maximum absolute atomic E-state index is 13.8. The lowest BCUT2D eigenvalue weighted by Crippen LogP contribution is -2.47. The smallest absolute Gasteiger partial charge is 0.146 e. The van der Waals surface area contributed by atoms with E-state index in [4.69, 9.17) is 5.26 Å². The van der Waals surface area contributed by atoms with Crippen molar-refractivity contribution in [3.8, 4) is 6.07 Å². The molecule has 0 radical (unpaired) electrons. The number of hydrogen-bond acceptors (Lipinski definition) is 5. The van der Waals surface area contributed by atoms with Gasteiger partial charge in [-0.1, -0.05) is 18.2 Å². The Bertz CT molecular complexity index is 735. The van der Waals surface area contributed by atoms with Crippen molar-refractivity contribution in [2.45, 2.75) is 6.42 Å². The first-order valence-electron chi connectivity index (χ1n) is 8.59. The summed E-state index contributed by atoms with van der Waals surface area (Å²) in [6.07, 6.45) is 0.998. The standard InChI is InChI=1S/C19H22FN5/c20-17-6-1-2-7-18(17)25-13-11-24(12-14-25)10-4-9-22-19-8-3-5-16(15-21)23-19/h1-3,5-8H,4,9-14H2,(H,22,23). The molecule has 0 aliphatic carbocycles. The Labute approximate surface area is 147 Å². The second kappa shape index (κ2) is 8.45. The number of anilines is 2. The summed E-state index contributed by atoms with van der Waals surface area (Å²) < 4.78 is 13.8. The van der Waals surface area contributed by atoms with Crippen molar-refractivity contribution in [1.82, 2.24) is 9.88 Å². The molecule has 25 heavy (non-hydrogen) atoms. The number of hydrogen-bond donors (Lipinski definition) is 1. The lowest BCUT2D eigenvalue weighted by atomic mass is 10.2. The van der Waals surface area contributed by atoms with E-state index in [1.54, 1.807) is 12.1 Å². The molecule has 0 saturated carbocycles. The van der Waals surface area contributed by atoms with Crippen molar-refractivity contribution < 1.29 is 4.39 Å². The average molecular weight is 339 g/mol. The quantitative estimate of drug-likeness (QED) is 0.820. The number of aromatic nitrogens is 1. The summed E-state index contributed by atoms with van der Waals surface area (Å²) in [5, 5.41) is 12.1. The summed E-state index contributed by atoms with van der Waals surface area (Å²) in [5.41, 5.74) is 1.13. The number of nitrogens with zero attached hydrogens (tertiary/aromatic N) is 4. The maximum atomic E-state index is 13.8. The van der Waals surface area contributed by atoms with E-state index < -0.39 is 0 Å². The van der Waals surface area contributed by atoms with Crippen molar-refractivity contribution in [3.05, 3.63) is 54.0 Å². The number of rotatable bonds is 6. The molecule has 0 bridgehead atoms.